The molecule has 1 aromatic rings. The van der Waals surface area contributed by atoms with E-state index >= 15 is 0 Å². The quantitative estimate of drug-likeness (QED) is 0.891. The van der Waals surface area contributed by atoms with Crippen molar-refractivity contribution in [2.75, 3.05) is 24.6 Å². The lowest BCUT2D eigenvalue weighted by Gasteiger charge is -2.30. The van der Waals surface area contributed by atoms with Crippen molar-refractivity contribution >= 4 is 15.7 Å². The minimum Gasteiger partial charge on any atom is -0.349 e. The first-order valence-electron chi connectivity index (χ1n) is 7.66. The third-order valence-corrected chi connectivity index (χ3v) is 6.42. The fourth-order valence-electron chi connectivity index (χ4n) is 3.38. The first kappa shape index (κ1) is 15.5. The molecule has 3 rings (SSSR count). The third-order valence-electron chi connectivity index (χ3n) is 4.52. The highest BCUT2D eigenvalue weighted by Crippen LogP contribution is 2.23. The van der Waals surface area contributed by atoms with Crippen LogP contribution < -0.4 is 5.32 Å². The van der Waals surface area contributed by atoms with Gasteiger partial charge in [-0.1, -0.05) is 24.3 Å². The number of carbonyl (C=O) groups is 1. The third kappa shape index (κ3) is 3.50. The molecule has 1 saturated heterocycles. The van der Waals surface area contributed by atoms with Crippen LogP contribution in [0.2, 0.25) is 0 Å². The Balaban J connectivity index is 1.57. The highest BCUT2D eigenvalue weighted by molar-refractivity contribution is 7.91. The van der Waals surface area contributed by atoms with Crippen LogP contribution in [0, 0.1) is 0 Å². The van der Waals surface area contributed by atoms with E-state index in [9.17, 15) is 13.2 Å². The van der Waals surface area contributed by atoms with Crippen LogP contribution in [0.5, 0.6) is 0 Å². The molecule has 0 unspecified atom stereocenters. The van der Waals surface area contributed by atoms with E-state index in [4.69, 9.17) is 0 Å². The molecular formula is C16H22N2O3S. The summed E-state index contributed by atoms with van der Waals surface area (Å²) in [5.41, 5.74) is 2.02. The number of hydrogen-bond donors (Lipinski definition) is 1. The maximum atomic E-state index is 12.2. The molecular weight excluding hydrogens is 300 g/mol. The maximum absolute atomic E-state index is 12.2. The summed E-state index contributed by atoms with van der Waals surface area (Å²) in [5.74, 6) is 0.133. The van der Waals surface area contributed by atoms with Crippen LogP contribution in [0.1, 0.15) is 24.5 Å². The van der Waals surface area contributed by atoms with Gasteiger partial charge in [0.15, 0.2) is 9.84 Å². The molecule has 0 bridgehead atoms. The number of hydrogen-bond acceptors (Lipinski definition) is 4. The van der Waals surface area contributed by atoms with Gasteiger partial charge < -0.3 is 5.32 Å². The van der Waals surface area contributed by atoms with Crippen LogP contribution >= 0.6 is 0 Å². The van der Waals surface area contributed by atoms with Gasteiger partial charge >= 0.3 is 0 Å². The van der Waals surface area contributed by atoms with Crippen LogP contribution in [0.15, 0.2) is 24.3 Å². The molecule has 5 nitrogen and oxygen atoms in total. The molecule has 1 atom stereocenters. The first-order chi connectivity index (χ1) is 10.4. The lowest BCUT2D eigenvalue weighted by molar-refractivity contribution is -0.124. The molecule has 0 aromatic heterocycles. The van der Waals surface area contributed by atoms with Crippen molar-refractivity contribution in [1.29, 1.82) is 0 Å². The van der Waals surface area contributed by atoms with Crippen molar-refractivity contribution in [3.05, 3.63) is 35.4 Å². The summed E-state index contributed by atoms with van der Waals surface area (Å²) in [6.07, 6.45) is 1.46. The number of rotatable bonds is 3. The molecule has 0 radical (unpaired) electrons. The fourth-order valence-corrected chi connectivity index (χ4v) is 5.47. The van der Waals surface area contributed by atoms with Crippen molar-refractivity contribution in [1.82, 2.24) is 10.2 Å². The average molecular weight is 322 g/mol. The fraction of sp³-hybridized carbons (Fsp3) is 0.562. The van der Waals surface area contributed by atoms with Gasteiger partial charge in [-0.2, -0.15) is 0 Å². The number of carbonyl (C=O) groups excluding carboxylic acids is 1. The van der Waals surface area contributed by atoms with Crippen molar-refractivity contribution in [2.45, 2.75) is 31.8 Å². The summed E-state index contributed by atoms with van der Waals surface area (Å²) in [4.78, 5) is 14.4. The molecule has 2 heterocycles. The zero-order valence-electron chi connectivity index (χ0n) is 12.8. The molecule has 1 aromatic carbocycles. The van der Waals surface area contributed by atoms with E-state index < -0.39 is 15.4 Å². The molecule has 120 valence electrons. The van der Waals surface area contributed by atoms with Gasteiger partial charge in [0.25, 0.3) is 0 Å². The Morgan fingerprint density at radius 2 is 2.05 bits per heavy atom. The van der Waals surface area contributed by atoms with Crippen LogP contribution in [-0.2, 0) is 27.6 Å². The Hall–Kier alpha value is -1.40. The van der Waals surface area contributed by atoms with E-state index in [1.165, 1.54) is 11.1 Å². The minimum atomic E-state index is -3.00. The predicted molar refractivity (Wildman–Crippen MR) is 85.2 cm³/mol. The Bertz CT molecular complexity index is 686. The number of nitrogens with zero attached hydrogens (tertiary/aromatic N) is 1. The number of benzene rings is 1. The van der Waals surface area contributed by atoms with Gasteiger partial charge in [-0.15, -0.1) is 0 Å². The highest BCUT2D eigenvalue weighted by Gasteiger charge is 2.39. The molecule has 2 aliphatic heterocycles. The molecule has 2 aliphatic rings. The van der Waals surface area contributed by atoms with Crippen LogP contribution in [0.3, 0.4) is 0 Å². The number of fused-ring (bicyclic) bond motifs is 1. The summed E-state index contributed by atoms with van der Waals surface area (Å²) < 4.78 is 23.2. The van der Waals surface area contributed by atoms with Crippen molar-refractivity contribution in [3.63, 3.8) is 0 Å². The van der Waals surface area contributed by atoms with Gasteiger partial charge in [-0.05, 0) is 30.9 Å². The topological polar surface area (TPSA) is 66.5 Å². The van der Waals surface area contributed by atoms with E-state index in [-0.39, 0.29) is 17.4 Å². The monoisotopic (exact) mass is 322 g/mol. The summed E-state index contributed by atoms with van der Waals surface area (Å²) in [5, 5.41) is 2.92. The standard InChI is InChI=1S/C16H22N2O3S/c1-16(7-9-22(20,21)12-16)17-15(19)11-18-8-6-13-4-2-3-5-14(13)10-18/h2-5H,6-12H2,1H3,(H,17,19)/t16-/m0/s1. The largest absolute Gasteiger partial charge is 0.349 e. The molecule has 0 aliphatic carbocycles. The first-order valence-corrected chi connectivity index (χ1v) is 9.48. The molecule has 6 heteroatoms. The van der Waals surface area contributed by atoms with Gasteiger partial charge in [0.2, 0.25) is 5.91 Å². The summed E-state index contributed by atoms with van der Waals surface area (Å²) in [6, 6.07) is 8.30. The smallest absolute Gasteiger partial charge is 0.234 e. The molecule has 0 saturated carbocycles. The second-order valence-electron chi connectivity index (χ2n) is 6.68. The van der Waals surface area contributed by atoms with E-state index in [1.54, 1.807) is 0 Å². The summed E-state index contributed by atoms with van der Waals surface area (Å²) >= 11 is 0. The Morgan fingerprint density at radius 3 is 2.73 bits per heavy atom. The molecule has 22 heavy (non-hydrogen) atoms. The number of nitrogens with one attached hydrogen (secondary N) is 1. The van der Waals surface area contributed by atoms with Gasteiger partial charge in [0, 0.05) is 13.1 Å². The molecule has 0 spiro atoms. The Morgan fingerprint density at radius 1 is 1.32 bits per heavy atom. The molecule has 1 amide bonds. The molecule has 1 fully saturated rings. The molecule has 1 N–H and O–H groups in total. The van der Waals surface area contributed by atoms with E-state index in [1.807, 2.05) is 19.1 Å². The zero-order valence-corrected chi connectivity index (χ0v) is 13.7. The second kappa shape index (κ2) is 5.66. The van der Waals surface area contributed by atoms with Gasteiger partial charge in [-0.3, -0.25) is 9.69 Å². The van der Waals surface area contributed by atoms with Crippen LogP contribution in [-0.4, -0.2) is 49.4 Å². The summed E-state index contributed by atoms with van der Waals surface area (Å²) in [6.45, 7) is 3.78. The normalized spacial score (nSPS) is 27.3. The Kier molecular flexibility index (Phi) is 3.99. The van der Waals surface area contributed by atoms with E-state index in [0.717, 1.165) is 19.5 Å². The highest BCUT2D eigenvalue weighted by atomic mass is 32.2. The second-order valence-corrected chi connectivity index (χ2v) is 8.86. The van der Waals surface area contributed by atoms with Crippen molar-refractivity contribution in [3.8, 4) is 0 Å². The minimum absolute atomic E-state index is 0.0502. The Labute approximate surface area is 131 Å². The summed E-state index contributed by atoms with van der Waals surface area (Å²) in [7, 11) is -3.00. The van der Waals surface area contributed by atoms with E-state index in [2.05, 4.69) is 22.3 Å². The van der Waals surface area contributed by atoms with Gasteiger partial charge in [0.1, 0.15) is 0 Å². The van der Waals surface area contributed by atoms with Crippen LogP contribution in [0.4, 0.5) is 0 Å². The van der Waals surface area contributed by atoms with Gasteiger partial charge in [0.05, 0.1) is 23.6 Å². The van der Waals surface area contributed by atoms with Crippen LogP contribution in [0.25, 0.3) is 0 Å². The number of amides is 1. The van der Waals surface area contributed by atoms with Crippen molar-refractivity contribution in [2.24, 2.45) is 0 Å². The van der Waals surface area contributed by atoms with E-state index in [0.29, 0.717) is 13.0 Å². The maximum Gasteiger partial charge on any atom is 0.234 e. The predicted octanol–water partition coefficient (Wildman–Crippen LogP) is 0.738. The number of sulfone groups is 1. The van der Waals surface area contributed by atoms with Gasteiger partial charge in [-0.25, -0.2) is 8.42 Å². The van der Waals surface area contributed by atoms with Crippen molar-refractivity contribution < 1.29 is 13.2 Å². The zero-order chi connectivity index (χ0) is 15.8. The lowest BCUT2D eigenvalue weighted by Crippen LogP contribution is -2.50. The SMILES string of the molecule is C[C@]1(NC(=O)CN2CCc3ccccc3C2)CCS(=O)(=O)C1. The lowest BCUT2D eigenvalue weighted by atomic mass is 9.99. The average Bonchev–Trinajstić information content (AvgIpc) is 2.72.